The maximum Gasteiger partial charge on any atom is 0.270 e. The molecule has 73 heavy (non-hydrogen) atoms. The van der Waals surface area contributed by atoms with E-state index in [2.05, 4.69) is 195 Å². The van der Waals surface area contributed by atoms with Crippen molar-refractivity contribution in [1.82, 2.24) is 0 Å². The van der Waals surface area contributed by atoms with Crippen molar-refractivity contribution < 1.29 is 14.4 Å². The van der Waals surface area contributed by atoms with Crippen molar-refractivity contribution >= 4 is 50.3 Å². The number of non-ortho nitro benzene ring substituents is 1. The molecule has 9 rings (SSSR count). The van der Waals surface area contributed by atoms with E-state index >= 15 is 0 Å². The van der Waals surface area contributed by atoms with Crippen LogP contribution in [0.4, 0.5) is 22.7 Å². The van der Waals surface area contributed by atoms with Crippen LogP contribution in [0.1, 0.15) is 44.5 Å². The molecule has 0 saturated heterocycles. The SMILES string of the molecule is N#C/C(=C/c1ccc(N(CCOC(c2ccccc2)(c2ccccc2)c2ccccc2)CCOC(c2ccccc2)(c2ccccc2)c2ccccc2)cc1)c1ccc(N=Nc2ccc([N+](=O)[O-])cc2Br)cc1. The molecule has 0 unspecified atom stereocenters. The van der Waals surface area contributed by atoms with Gasteiger partial charge in [-0.2, -0.15) is 10.4 Å². The number of rotatable bonds is 20. The van der Waals surface area contributed by atoms with E-state index < -0.39 is 16.1 Å². The Hall–Kier alpha value is -8.59. The number of allylic oxidation sites excluding steroid dienone is 1. The summed E-state index contributed by atoms with van der Waals surface area (Å²) in [4.78, 5) is 13.0. The second kappa shape index (κ2) is 23.5. The van der Waals surface area contributed by atoms with Gasteiger partial charge < -0.3 is 14.4 Å². The Morgan fingerprint density at radius 2 is 0.945 bits per heavy atom. The summed E-state index contributed by atoms with van der Waals surface area (Å²) in [5.74, 6) is 0. The van der Waals surface area contributed by atoms with E-state index in [9.17, 15) is 15.4 Å². The Labute approximate surface area is 434 Å². The molecule has 0 aliphatic carbocycles. The molecule has 0 heterocycles. The molecular weight excluding hydrogens is 971 g/mol. The number of nitro groups is 1. The second-order valence-corrected chi connectivity index (χ2v) is 18.0. The molecule has 9 aromatic carbocycles. The van der Waals surface area contributed by atoms with Gasteiger partial charge in [-0.15, -0.1) is 5.11 Å². The number of nitro benzene ring substituents is 1. The van der Waals surface area contributed by atoms with Crippen LogP contribution in [0.25, 0.3) is 11.6 Å². The molecule has 0 amide bonds. The zero-order valence-corrected chi connectivity index (χ0v) is 41.4. The number of benzene rings is 9. The molecule has 0 bridgehead atoms. The van der Waals surface area contributed by atoms with Crippen LogP contribution < -0.4 is 4.90 Å². The third kappa shape index (κ3) is 11.3. The summed E-state index contributed by atoms with van der Waals surface area (Å²) in [6.07, 6.45) is 1.87. The lowest BCUT2D eigenvalue weighted by molar-refractivity contribution is -0.384. The van der Waals surface area contributed by atoms with Gasteiger partial charge in [0, 0.05) is 30.9 Å². The monoisotopic (exact) mass is 1020 g/mol. The number of hydrogen-bond donors (Lipinski definition) is 0. The molecule has 0 saturated carbocycles. The van der Waals surface area contributed by atoms with E-state index in [1.54, 1.807) is 12.1 Å². The lowest BCUT2D eigenvalue weighted by Gasteiger charge is -2.38. The lowest BCUT2D eigenvalue weighted by Crippen LogP contribution is -2.39. The second-order valence-electron chi connectivity index (χ2n) is 17.1. The van der Waals surface area contributed by atoms with Gasteiger partial charge in [-0.25, -0.2) is 0 Å². The number of nitrogens with zero attached hydrogens (tertiary/aromatic N) is 5. The molecule has 0 aliphatic rings. The van der Waals surface area contributed by atoms with Crippen LogP contribution in [-0.4, -0.2) is 31.2 Å². The third-order valence-electron chi connectivity index (χ3n) is 12.7. The number of hydrogen-bond acceptors (Lipinski definition) is 8. The summed E-state index contributed by atoms with van der Waals surface area (Å²) < 4.78 is 15.1. The summed E-state index contributed by atoms with van der Waals surface area (Å²) in [6.45, 7) is 1.77. The van der Waals surface area contributed by atoms with Crippen LogP contribution in [0.5, 0.6) is 0 Å². The van der Waals surface area contributed by atoms with Crippen LogP contribution in [0.2, 0.25) is 0 Å². The van der Waals surface area contributed by atoms with E-state index in [0.29, 0.717) is 47.7 Å². The summed E-state index contributed by atoms with van der Waals surface area (Å²) >= 11 is 3.34. The van der Waals surface area contributed by atoms with Crippen molar-refractivity contribution in [1.29, 1.82) is 5.26 Å². The van der Waals surface area contributed by atoms with Crippen LogP contribution >= 0.6 is 15.9 Å². The summed E-state index contributed by atoms with van der Waals surface area (Å²) in [7, 11) is 0. The molecule has 358 valence electrons. The Bertz CT molecular complexity index is 2990. The van der Waals surface area contributed by atoms with Gasteiger partial charge in [-0.3, -0.25) is 10.1 Å². The summed E-state index contributed by atoms with van der Waals surface area (Å²) in [6, 6.07) is 84.5. The molecule has 0 fully saturated rings. The largest absolute Gasteiger partial charge is 0.367 e. The minimum Gasteiger partial charge on any atom is -0.367 e. The van der Waals surface area contributed by atoms with E-state index in [-0.39, 0.29) is 5.69 Å². The lowest BCUT2D eigenvalue weighted by atomic mass is 9.80. The van der Waals surface area contributed by atoms with Crippen LogP contribution in [0, 0.1) is 21.4 Å². The van der Waals surface area contributed by atoms with E-state index in [0.717, 1.165) is 50.2 Å². The van der Waals surface area contributed by atoms with Crippen molar-refractivity contribution in [3.63, 3.8) is 0 Å². The normalized spacial score (nSPS) is 11.8. The number of nitriles is 1. The molecule has 0 N–H and O–H groups in total. The van der Waals surface area contributed by atoms with Gasteiger partial charge >= 0.3 is 0 Å². The Balaban J connectivity index is 1.02. The molecule has 0 aromatic heterocycles. The molecule has 0 radical (unpaired) electrons. The Morgan fingerprint density at radius 3 is 1.30 bits per heavy atom. The standard InChI is InChI=1S/C63H50BrN5O4/c64-60-46-59(69(70)71)39-40-61(60)67-66-57-35-33-49(34-36-57)50(47-65)45-48-31-37-58(38-32-48)68(41-43-72-62(51-19-7-1-8-20-51,52-21-9-2-10-22-52)53-23-11-3-12-24-53)42-44-73-63(54-25-13-4-14-26-54,55-27-15-5-16-28-55)56-29-17-6-18-30-56/h1-40,45-46H,41-44H2/b50-45-,67-66?. The highest BCUT2D eigenvalue weighted by atomic mass is 79.9. The van der Waals surface area contributed by atoms with Gasteiger partial charge in [0.05, 0.1) is 39.9 Å². The fraction of sp³-hybridized carbons (Fsp3) is 0.0952. The maximum absolute atomic E-state index is 11.2. The first kappa shape index (κ1) is 49.4. The Kier molecular flexibility index (Phi) is 15.9. The first-order valence-corrected chi connectivity index (χ1v) is 24.7. The highest BCUT2D eigenvalue weighted by Gasteiger charge is 2.39. The van der Waals surface area contributed by atoms with Gasteiger partial charge in [0.1, 0.15) is 16.9 Å². The zero-order chi connectivity index (χ0) is 50.3. The van der Waals surface area contributed by atoms with Crippen LogP contribution in [0.15, 0.2) is 263 Å². The quantitative estimate of drug-likeness (QED) is 0.0188. The van der Waals surface area contributed by atoms with Gasteiger partial charge in [-0.05, 0) is 96.8 Å². The van der Waals surface area contributed by atoms with Gasteiger partial charge in [0.25, 0.3) is 5.69 Å². The van der Waals surface area contributed by atoms with Crippen molar-refractivity contribution in [3.05, 3.63) is 308 Å². The zero-order valence-electron chi connectivity index (χ0n) is 39.8. The molecule has 9 aromatic rings. The van der Waals surface area contributed by atoms with Crippen LogP contribution in [-0.2, 0) is 20.7 Å². The topological polar surface area (TPSA) is 113 Å². The van der Waals surface area contributed by atoms with Crippen molar-refractivity contribution in [3.8, 4) is 6.07 Å². The van der Waals surface area contributed by atoms with E-state index in [1.807, 2.05) is 66.7 Å². The fourth-order valence-electron chi connectivity index (χ4n) is 9.16. The minimum atomic E-state index is -0.900. The predicted molar refractivity (Wildman–Crippen MR) is 294 cm³/mol. The third-order valence-corrected chi connectivity index (χ3v) is 13.4. The highest BCUT2D eigenvalue weighted by molar-refractivity contribution is 9.10. The molecule has 0 spiro atoms. The fourth-order valence-corrected chi connectivity index (χ4v) is 9.61. The number of anilines is 1. The smallest absolute Gasteiger partial charge is 0.270 e. The van der Waals surface area contributed by atoms with Gasteiger partial charge in [0.2, 0.25) is 0 Å². The number of halogens is 1. The van der Waals surface area contributed by atoms with Crippen LogP contribution in [0.3, 0.4) is 0 Å². The predicted octanol–water partition coefficient (Wildman–Crippen LogP) is 15.7. The molecule has 9 nitrogen and oxygen atoms in total. The maximum atomic E-state index is 11.2. The summed E-state index contributed by atoms with van der Waals surface area (Å²) in [5, 5.41) is 30.1. The molecule has 0 atom stereocenters. The average Bonchev–Trinajstić information content (AvgIpc) is 3.45. The van der Waals surface area contributed by atoms with Gasteiger partial charge in [-0.1, -0.05) is 206 Å². The number of azo groups is 1. The van der Waals surface area contributed by atoms with Crippen molar-refractivity contribution in [2.24, 2.45) is 10.2 Å². The van der Waals surface area contributed by atoms with Crippen molar-refractivity contribution in [2.75, 3.05) is 31.2 Å². The Morgan fingerprint density at radius 1 is 0.548 bits per heavy atom. The summed E-state index contributed by atoms with van der Waals surface area (Å²) in [5.41, 5.74) is 8.35. The molecular formula is C63H50BrN5O4. The highest BCUT2D eigenvalue weighted by Crippen LogP contribution is 2.42. The van der Waals surface area contributed by atoms with Gasteiger partial charge in [0.15, 0.2) is 0 Å². The average molecular weight is 1020 g/mol. The van der Waals surface area contributed by atoms with E-state index in [4.69, 9.17) is 9.47 Å². The van der Waals surface area contributed by atoms with Crippen molar-refractivity contribution in [2.45, 2.75) is 11.2 Å². The molecule has 0 aliphatic heterocycles. The first-order chi connectivity index (χ1) is 35.9. The number of ether oxygens (including phenoxy) is 2. The van der Waals surface area contributed by atoms with E-state index in [1.165, 1.54) is 18.2 Å². The minimum absolute atomic E-state index is 0.0466. The first-order valence-electron chi connectivity index (χ1n) is 23.9. The molecule has 10 heteroatoms.